The molecule has 0 bridgehead atoms. The van der Waals surface area contributed by atoms with Crippen molar-refractivity contribution in [2.24, 2.45) is 11.8 Å². The second kappa shape index (κ2) is 19.6. The van der Waals surface area contributed by atoms with Gasteiger partial charge in [-0.1, -0.05) is 12.1 Å². The van der Waals surface area contributed by atoms with Crippen LogP contribution in [0.5, 0.6) is 11.5 Å². The van der Waals surface area contributed by atoms with Crippen molar-refractivity contribution in [2.45, 2.75) is 104 Å². The fourth-order valence-corrected chi connectivity index (χ4v) is 7.25. The molecule has 0 aromatic heterocycles. The topological polar surface area (TPSA) is 232 Å². The Balaban J connectivity index is 1.84. The molecule has 0 saturated carbocycles. The summed E-state index contributed by atoms with van der Waals surface area (Å²) in [5.74, 6) is -7.98. The van der Waals surface area contributed by atoms with Gasteiger partial charge in [0, 0.05) is 72.4 Å². The van der Waals surface area contributed by atoms with Gasteiger partial charge in [-0.2, -0.15) is 0 Å². The highest BCUT2D eigenvalue weighted by Crippen LogP contribution is 2.48. The first kappa shape index (κ1) is 44.9. The second-order valence-electron chi connectivity index (χ2n) is 13.6. The lowest BCUT2D eigenvalue weighted by Gasteiger charge is -2.46. The molecule has 0 N–H and O–H groups in total. The molecular weight excluding hydrogens is 770 g/mol. The van der Waals surface area contributed by atoms with Crippen LogP contribution in [0.2, 0.25) is 0 Å². The smallest absolute Gasteiger partial charge is 0.337 e. The summed E-state index contributed by atoms with van der Waals surface area (Å²) in [6, 6.07) is 2.25. The van der Waals surface area contributed by atoms with Gasteiger partial charge in [-0.15, -0.1) is 6.58 Å². The summed E-state index contributed by atoms with van der Waals surface area (Å²) in [5, 5.41) is 0. The Kier molecular flexibility index (Phi) is 15.1. The zero-order valence-electron chi connectivity index (χ0n) is 33.3. The van der Waals surface area contributed by atoms with Gasteiger partial charge in [0.25, 0.3) is 0 Å². The van der Waals surface area contributed by atoms with Gasteiger partial charge >= 0.3 is 41.8 Å². The van der Waals surface area contributed by atoms with Crippen molar-refractivity contribution in [1.82, 2.24) is 4.90 Å². The third-order valence-electron chi connectivity index (χ3n) is 9.38. The minimum absolute atomic E-state index is 0.00500. The molecule has 1 aromatic carbocycles. The Labute approximate surface area is 333 Å². The van der Waals surface area contributed by atoms with E-state index in [0.717, 1.165) is 48.0 Å². The van der Waals surface area contributed by atoms with Crippen LogP contribution in [0.25, 0.3) is 0 Å². The van der Waals surface area contributed by atoms with E-state index in [4.69, 9.17) is 47.4 Å². The van der Waals surface area contributed by atoms with Crippen LogP contribution < -0.4 is 9.47 Å². The van der Waals surface area contributed by atoms with E-state index in [-0.39, 0.29) is 35.9 Å². The van der Waals surface area contributed by atoms with Crippen molar-refractivity contribution in [1.29, 1.82) is 0 Å². The number of methoxy groups -OCH3 is 1. The Hall–Kier alpha value is -5.82. The lowest BCUT2D eigenvalue weighted by Crippen LogP contribution is -2.63. The first-order chi connectivity index (χ1) is 27.4. The molecule has 0 unspecified atom stereocenters. The van der Waals surface area contributed by atoms with Crippen LogP contribution in [0.1, 0.15) is 72.1 Å². The highest BCUT2D eigenvalue weighted by atomic mass is 16.8. The molecule has 19 nitrogen and oxygen atoms in total. The van der Waals surface area contributed by atoms with Crippen LogP contribution in [0, 0.1) is 11.8 Å². The van der Waals surface area contributed by atoms with Gasteiger partial charge < -0.3 is 52.3 Å². The molecule has 9 atom stereocenters. The summed E-state index contributed by atoms with van der Waals surface area (Å²) in [5.41, 5.74) is 1.02. The van der Waals surface area contributed by atoms with E-state index in [2.05, 4.69) is 6.58 Å². The van der Waals surface area contributed by atoms with E-state index in [0.29, 0.717) is 17.5 Å². The molecule has 0 spiro atoms. The molecule has 1 saturated heterocycles. The lowest BCUT2D eigenvalue weighted by atomic mass is 9.76. The minimum atomic E-state index is -1.67. The maximum absolute atomic E-state index is 13.4. The number of amides is 1. The van der Waals surface area contributed by atoms with E-state index < -0.39 is 103 Å². The quantitative estimate of drug-likeness (QED) is 0.120. The van der Waals surface area contributed by atoms with Crippen LogP contribution in [0.3, 0.4) is 0 Å². The third kappa shape index (κ3) is 10.8. The Morgan fingerprint density at radius 1 is 0.793 bits per heavy atom. The van der Waals surface area contributed by atoms with Crippen LogP contribution in [-0.4, -0.2) is 110 Å². The monoisotopic (exact) mass is 817 g/mol. The number of hydrogen-bond donors (Lipinski definition) is 0. The van der Waals surface area contributed by atoms with Gasteiger partial charge in [-0.05, 0) is 24.5 Å². The van der Waals surface area contributed by atoms with E-state index in [1.54, 1.807) is 6.07 Å². The van der Waals surface area contributed by atoms with Crippen molar-refractivity contribution in [2.75, 3.05) is 20.3 Å². The zero-order valence-corrected chi connectivity index (χ0v) is 33.3. The second-order valence-corrected chi connectivity index (χ2v) is 13.6. The predicted molar refractivity (Wildman–Crippen MR) is 193 cm³/mol. The Bertz CT molecular complexity index is 1840. The molecule has 58 heavy (non-hydrogen) atoms. The van der Waals surface area contributed by atoms with Crippen molar-refractivity contribution in [3.8, 4) is 11.5 Å². The first-order valence-electron chi connectivity index (χ1n) is 18.2. The largest absolute Gasteiger partial charge is 0.471 e. The maximum Gasteiger partial charge on any atom is 0.337 e. The summed E-state index contributed by atoms with van der Waals surface area (Å²) in [6.45, 7) is 11.7. The number of esters is 7. The number of carbonyl (C=O) groups excluding carboxylic acids is 8. The van der Waals surface area contributed by atoms with Crippen LogP contribution in [0.4, 0.5) is 0 Å². The average molecular weight is 818 g/mol. The highest BCUT2D eigenvalue weighted by molar-refractivity contribution is 5.89. The molecule has 3 aliphatic rings. The first-order valence-corrected chi connectivity index (χ1v) is 18.2. The summed E-state index contributed by atoms with van der Waals surface area (Å²) in [7, 11) is 1.16. The minimum Gasteiger partial charge on any atom is -0.471 e. The molecule has 1 amide bonds. The molecule has 316 valence electrons. The summed E-state index contributed by atoms with van der Waals surface area (Å²) >= 11 is 0. The van der Waals surface area contributed by atoms with Gasteiger partial charge in [0.1, 0.15) is 12.7 Å². The summed E-state index contributed by atoms with van der Waals surface area (Å²) in [4.78, 5) is 102. The Morgan fingerprint density at radius 2 is 1.41 bits per heavy atom. The Morgan fingerprint density at radius 3 is 1.97 bits per heavy atom. The summed E-state index contributed by atoms with van der Waals surface area (Å²) in [6.07, 6.45) is -6.29. The number of benzene rings is 1. The molecule has 1 aromatic rings. The van der Waals surface area contributed by atoms with Crippen LogP contribution in [0.15, 0.2) is 36.6 Å². The average Bonchev–Trinajstić information content (AvgIpc) is 3.12. The van der Waals surface area contributed by atoms with Gasteiger partial charge in [0.15, 0.2) is 29.8 Å². The van der Waals surface area contributed by atoms with Crippen molar-refractivity contribution >= 4 is 47.7 Å². The molecule has 19 heteroatoms. The van der Waals surface area contributed by atoms with Gasteiger partial charge in [-0.3, -0.25) is 33.6 Å². The fourth-order valence-electron chi connectivity index (χ4n) is 7.25. The van der Waals surface area contributed by atoms with E-state index in [9.17, 15) is 38.4 Å². The number of hydrogen-bond acceptors (Lipinski definition) is 18. The summed E-state index contributed by atoms with van der Waals surface area (Å²) < 4.78 is 56.2. The lowest BCUT2D eigenvalue weighted by molar-refractivity contribution is -0.342. The molecule has 3 heterocycles. The fraction of sp³-hybridized carbons (Fsp3) is 0.538. The maximum atomic E-state index is 13.4. The van der Waals surface area contributed by atoms with Crippen LogP contribution in [-0.2, 0) is 82.7 Å². The van der Waals surface area contributed by atoms with Gasteiger partial charge in [0.05, 0.1) is 25.0 Å². The van der Waals surface area contributed by atoms with Gasteiger partial charge in [-0.25, -0.2) is 4.79 Å². The molecule has 0 aliphatic carbocycles. The molecule has 4 rings (SSSR count). The van der Waals surface area contributed by atoms with Crippen molar-refractivity contribution in [3.63, 3.8) is 0 Å². The normalized spacial score (nSPS) is 26.2. The molecule has 3 aliphatic heterocycles. The zero-order chi connectivity index (χ0) is 43.0. The van der Waals surface area contributed by atoms with Crippen LogP contribution >= 0.6 is 0 Å². The standard InChI is InChI=1S/C39H47NO18/c1-10-26-27(15-29-32-25(13-14-40(29)18(2)41)11-12-30(52-20(4)43)33(32)53-21(5)44)28(37(48)49-9)16-51-38(26)58-39-36(56-24(8)47)35(55-23(7)46)34(54-22(6)45)31(57-39)17-50-19(3)42/h10-12,16,26-27,29,31,34-36,38-39H,1,13-15,17H2,2-9H3/t26-,27+,29-,31-,34-,35+,36-,38+,39+/m1/s1. The van der Waals surface area contributed by atoms with E-state index in [1.165, 1.54) is 30.9 Å². The predicted octanol–water partition coefficient (Wildman–Crippen LogP) is 2.30. The third-order valence-corrected chi connectivity index (χ3v) is 9.38. The number of fused-ring (bicyclic) bond motifs is 1. The number of rotatable bonds is 13. The number of carbonyl (C=O) groups is 8. The van der Waals surface area contributed by atoms with E-state index >= 15 is 0 Å². The molecular formula is C39H47NO18. The highest BCUT2D eigenvalue weighted by Gasteiger charge is 2.55. The number of nitrogens with zero attached hydrogens (tertiary/aromatic N) is 1. The van der Waals surface area contributed by atoms with Crippen molar-refractivity contribution < 1.29 is 85.7 Å². The molecule has 1 fully saturated rings. The number of ether oxygens (including phenoxy) is 10. The van der Waals surface area contributed by atoms with Gasteiger partial charge in [0.2, 0.25) is 18.5 Å². The van der Waals surface area contributed by atoms with Crippen molar-refractivity contribution in [3.05, 3.63) is 47.7 Å². The SMILES string of the molecule is C=C[C@H]1[C@H](O[C@@H]2O[C@H](COC(C)=O)[C@@H](OC(C)=O)[C@H](OC(C)=O)[C@H]2OC(C)=O)OC=C(C(=O)OC)[C@H]1C[C@@H]1c2c(ccc(OC(C)=O)c2OC(C)=O)CCN1C(C)=O. The molecule has 0 radical (unpaired) electrons. The van der Waals surface area contributed by atoms with E-state index in [1.807, 2.05) is 0 Å².